The number of halogens is 3. The van der Waals surface area contributed by atoms with Gasteiger partial charge in [0.1, 0.15) is 5.82 Å². The number of rotatable bonds is 2. The zero-order valence-corrected chi connectivity index (χ0v) is 10.2. The molecule has 1 aromatic heterocycles. The molecule has 0 bridgehead atoms. The predicted molar refractivity (Wildman–Crippen MR) is 65.4 cm³/mol. The molecule has 17 heavy (non-hydrogen) atoms. The Balaban J connectivity index is 0.00000144. The molecule has 1 aliphatic heterocycles. The quantitative estimate of drug-likeness (QED) is 0.890. The van der Waals surface area contributed by atoms with Crippen LogP contribution >= 0.6 is 12.4 Å². The molecule has 0 saturated carbocycles. The van der Waals surface area contributed by atoms with Crippen LogP contribution in [0.2, 0.25) is 0 Å². The summed E-state index contributed by atoms with van der Waals surface area (Å²) in [6, 6.07) is 5.41. The number of likely N-dealkylation sites (tertiary alicyclic amines) is 1. The minimum absolute atomic E-state index is 0. The molecule has 96 valence electrons. The largest absolute Gasteiger partial charge is 0.384 e. The third-order valence-corrected chi connectivity index (χ3v) is 2.80. The summed E-state index contributed by atoms with van der Waals surface area (Å²) < 4.78 is 25.8. The van der Waals surface area contributed by atoms with Crippen LogP contribution in [0.5, 0.6) is 0 Å². The fraction of sp³-hybridized carbons (Fsp3) is 0.545. The number of alkyl halides is 2. The first-order valence-electron chi connectivity index (χ1n) is 5.37. The number of piperidine rings is 1. The average molecular weight is 264 g/mol. The predicted octanol–water partition coefficient (Wildman–Crippen LogP) is 2.32. The first-order chi connectivity index (χ1) is 7.55. The molecular formula is C11H16ClF2N3. The second-order valence-corrected chi connectivity index (χ2v) is 4.19. The Bertz CT molecular complexity index is 363. The van der Waals surface area contributed by atoms with Gasteiger partial charge in [-0.15, -0.1) is 12.4 Å². The van der Waals surface area contributed by atoms with Crippen LogP contribution in [0.3, 0.4) is 0 Å². The van der Waals surface area contributed by atoms with Crippen molar-refractivity contribution in [3.05, 3.63) is 23.9 Å². The smallest absolute Gasteiger partial charge is 0.250 e. The van der Waals surface area contributed by atoms with Crippen molar-refractivity contribution in [1.29, 1.82) is 0 Å². The molecule has 2 N–H and O–H groups in total. The highest BCUT2D eigenvalue weighted by Crippen LogP contribution is 2.28. The highest BCUT2D eigenvalue weighted by Gasteiger charge is 2.33. The summed E-state index contributed by atoms with van der Waals surface area (Å²) in [6.45, 7) is 1.44. The van der Waals surface area contributed by atoms with Crippen molar-refractivity contribution >= 4 is 18.2 Å². The number of hydrogen-bond acceptors (Lipinski definition) is 3. The Kier molecular flexibility index (Phi) is 4.65. The number of nitrogen functional groups attached to an aromatic ring is 1. The van der Waals surface area contributed by atoms with Gasteiger partial charge >= 0.3 is 0 Å². The maximum atomic E-state index is 12.9. The Morgan fingerprint density at radius 3 is 2.53 bits per heavy atom. The van der Waals surface area contributed by atoms with Gasteiger partial charge in [-0.25, -0.2) is 13.8 Å². The Hall–Kier alpha value is -0.940. The van der Waals surface area contributed by atoms with Crippen LogP contribution in [-0.4, -0.2) is 28.9 Å². The lowest BCUT2D eigenvalue weighted by atomic mass is 10.1. The maximum absolute atomic E-state index is 12.9. The van der Waals surface area contributed by atoms with Gasteiger partial charge in [0.2, 0.25) is 0 Å². The van der Waals surface area contributed by atoms with E-state index in [1.54, 1.807) is 6.07 Å². The van der Waals surface area contributed by atoms with Gasteiger partial charge in [-0.2, -0.15) is 0 Å². The van der Waals surface area contributed by atoms with Crippen molar-refractivity contribution in [2.75, 3.05) is 18.8 Å². The molecule has 1 aromatic rings. The molecule has 0 radical (unpaired) electrons. The van der Waals surface area contributed by atoms with Gasteiger partial charge < -0.3 is 5.73 Å². The number of nitrogens with two attached hydrogens (primary N) is 1. The summed E-state index contributed by atoms with van der Waals surface area (Å²) in [6.07, 6.45) is -0.120. The van der Waals surface area contributed by atoms with E-state index in [9.17, 15) is 8.78 Å². The van der Waals surface area contributed by atoms with E-state index in [-0.39, 0.29) is 25.2 Å². The highest BCUT2D eigenvalue weighted by molar-refractivity contribution is 5.85. The number of aromatic nitrogens is 1. The van der Waals surface area contributed by atoms with Crippen LogP contribution in [0, 0.1) is 0 Å². The maximum Gasteiger partial charge on any atom is 0.250 e. The van der Waals surface area contributed by atoms with Crippen LogP contribution in [0.15, 0.2) is 18.2 Å². The van der Waals surface area contributed by atoms with Crippen molar-refractivity contribution in [3.63, 3.8) is 0 Å². The summed E-state index contributed by atoms with van der Waals surface area (Å²) in [4.78, 5) is 6.14. The van der Waals surface area contributed by atoms with Crippen LogP contribution in [0.25, 0.3) is 0 Å². The average Bonchev–Trinajstić information content (AvgIpc) is 2.21. The molecule has 2 heterocycles. The van der Waals surface area contributed by atoms with E-state index in [4.69, 9.17) is 5.73 Å². The van der Waals surface area contributed by atoms with Crippen molar-refractivity contribution in [3.8, 4) is 0 Å². The lowest BCUT2D eigenvalue weighted by molar-refractivity contribution is -0.0568. The highest BCUT2D eigenvalue weighted by atomic mass is 35.5. The van der Waals surface area contributed by atoms with Gasteiger partial charge in [-0.3, -0.25) is 4.90 Å². The molecular weight excluding hydrogens is 248 g/mol. The Labute approximate surface area is 105 Å². The topological polar surface area (TPSA) is 42.1 Å². The van der Waals surface area contributed by atoms with Crippen molar-refractivity contribution in [2.45, 2.75) is 25.3 Å². The molecule has 6 heteroatoms. The van der Waals surface area contributed by atoms with Gasteiger partial charge in [0.25, 0.3) is 5.92 Å². The SMILES string of the molecule is Cl.Nc1cccc(CN2CCC(F)(F)CC2)n1. The van der Waals surface area contributed by atoms with Crippen molar-refractivity contribution < 1.29 is 8.78 Å². The van der Waals surface area contributed by atoms with E-state index >= 15 is 0 Å². The number of hydrogen-bond donors (Lipinski definition) is 1. The fourth-order valence-corrected chi connectivity index (χ4v) is 1.85. The van der Waals surface area contributed by atoms with E-state index in [1.807, 2.05) is 17.0 Å². The molecule has 0 spiro atoms. The minimum atomic E-state index is -2.49. The number of nitrogens with zero attached hydrogens (tertiary/aromatic N) is 2. The molecule has 0 aromatic carbocycles. The summed E-state index contributed by atoms with van der Waals surface area (Å²) in [5.41, 5.74) is 6.40. The lowest BCUT2D eigenvalue weighted by Gasteiger charge is -2.31. The second kappa shape index (κ2) is 5.60. The minimum Gasteiger partial charge on any atom is -0.384 e. The fourth-order valence-electron chi connectivity index (χ4n) is 1.85. The van der Waals surface area contributed by atoms with Crippen molar-refractivity contribution in [2.24, 2.45) is 0 Å². The summed E-state index contributed by atoms with van der Waals surface area (Å²) in [7, 11) is 0. The van der Waals surface area contributed by atoms with Crippen LogP contribution < -0.4 is 5.73 Å². The van der Waals surface area contributed by atoms with Crippen LogP contribution in [-0.2, 0) is 6.54 Å². The normalized spacial score (nSPS) is 19.6. The number of anilines is 1. The molecule has 0 aliphatic carbocycles. The third-order valence-electron chi connectivity index (χ3n) is 2.80. The molecule has 2 rings (SSSR count). The Morgan fingerprint density at radius 2 is 1.94 bits per heavy atom. The molecule has 0 atom stereocenters. The van der Waals surface area contributed by atoms with Gasteiger partial charge in [-0.05, 0) is 12.1 Å². The van der Waals surface area contributed by atoms with Crippen molar-refractivity contribution in [1.82, 2.24) is 9.88 Å². The first-order valence-corrected chi connectivity index (χ1v) is 5.37. The Morgan fingerprint density at radius 1 is 1.29 bits per heavy atom. The second-order valence-electron chi connectivity index (χ2n) is 4.19. The monoisotopic (exact) mass is 263 g/mol. The molecule has 1 aliphatic rings. The van der Waals surface area contributed by atoms with E-state index in [0.717, 1.165) is 5.69 Å². The first kappa shape index (κ1) is 14.1. The third kappa shape index (κ3) is 4.09. The van der Waals surface area contributed by atoms with E-state index < -0.39 is 5.92 Å². The zero-order chi connectivity index (χ0) is 11.6. The molecule has 0 amide bonds. The molecule has 1 saturated heterocycles. The molecule has 1 fully saturated rings. The summed E-state index contributed by atoms with van der Waals surface area (Å²) in [5.74, 6) is -2.01. The zero-order valence-electron chi connectivity index (χ0n) is 9.40. The van der Waals surface area contributed by atoms with Gasteiger partial charge in [0, 0.05) is 32.5 Å². The molecule has 0 unspecified atom stereocenters. The van der Waals surface area contributed by atoms with Gasteiger partial charge in [0.05, 0.1) is 5.69 Å². The van der Waals surface area contributed by atoms with Gasteiger partial charge in [0.15, 0.2) is 0 Å². The summed E-state index contributed by atoms with van der Waals surface area (Å²) >= 11 is 0. The van der Waals surface area contributed by atoms with E-state index in [0.29, 0.717) is 25.5 Å². The molecule has 3 nitrogen and oxygen atoms in total. The number of pyridine rings is 1. The van der Waals surface area contributed by atoms with Gasteiger partial charge in [-0.1, -0.05) is 6.07 Å². The lowest BCUT2D eigenvalue weighted by Crippen LogP contribution is -2.39. The van der Waals surface area contributed by atoms with E-state index in [1.165, 1.54) is 0 Å². The van der Waals surface area contributed by atoms with E-state index in [2.05, 4.69) is 4.98 Å². The summed E-state index contributed by atoms with van der Waals surface area (Å²) in [5, 5.41) is 0. The standard InChI is InChI=1S/C11H15F2N3.ClH/c12-11(13)4-6-16(7-5-11)8-9-2-1-3-10(14)15-9;/h1-3H,4-8H2,(H2,14,15);1H. The van der Waals surface area contributed by atoms with Crippen LogP contribution in [0.4, 0.5) is 14.6 Å². The van der Waals surface area contributed by atoms with Crippen LogP contribution in [0.1, 0.15) is 18.5 Å².